The van der Waals surface area contributed by atoms with E-state index in [1.54, 1.807) is 0 Å². The van der Waals surface area contributed by atoms with Gasteiger partial charge >= 0.3 is 86.6 Å². The van der Waals surface area contributed by atoms with Gasteiger partial charge in [-0.2, -0.15) is 7.82 Å². The number of hydrogen-bond donors (Lipinski definition) is 7. The maximum Gasteiger partial charge on any atom is 2.00 e. The summed E-state index contributed by atoms with van der Waals surface area (Å²) >= 11 is 0. The van der Waals surface area contributed by atoms with Crippen LogP contribution < -0.4 is 54.3 Å². The van der Waals surface area contributed by atoms with E-state index < -0.39 is 33.2 Å². The molecular formula is H7BNaO14PSi2Zn2. The molecule has 21 heteroatoms. The molecule has 0 fully saturated rings. The molecule has 0 amide bonds. The van der Waals surface area contributed by atoms with Crippen LogP contribution in [-0.2, 0) is 47.6 Å². The summed E-state index contributed by atoms with van der Waals surface area (Å²) in [5, 5.41) is 24.0. The Morgan fingerprint density at radius 2 is 0.952 bits per heavy atom. The standard InChI is InChI=1S/BHO3.Na.H6O7Si2.H3O4P.2Zn/c2-1(3)4;;1-8(2,3)7-9(4,5)6;1-5(2,3)4;;/h2H;;1-6H;(H3,1,2,3,4);;/q-2;+1;;;2*+2/p-3. The van der Waals surface area contributed by atoms with Crippen molar-refractivity contribution in [3.05, 3.63) is 0 Å². The number of hydrogen-bond acceptors (Lipinski definition) is 14. The molecule has 7 N–H and O–H groups in total. The van der Waals surface area contributed by atoms with Gasteiger partial charge in [0.25, 0.3) is 0 Å². The van der Waals surface area contributed by atoms with Gasteiger partial charge in [-0.25, -0.2) is 0 Å². The Morgan fingerprint density at radius 3 is 0.952 bits per heavy atom. The second kappa shape index (κ2) is 17.3. The van der Waals surface area contributed by atoms with E-state index in [2.05, 4.69) is 4.12 Å². The molecule has 0 aromatic carbocycles. The summed E-state index contributed by atoms with van der Waals surface area (Å²) in [4.78, 5) is 73.3. The van der Waals surface area contributed by atoms with E-state index in [1.807, 2.05) is 0 Å². The topological polar surface area (TPSA) is 283 Å². The molecule has 0 heterocycles. The molecule has 0 aliphatic carbocycles. The second-order valence-corrected chi connectivity index (χ2v) is 6.01. The van der Waals surface area contributed by atoms with Crippen LogP contribution in [0.2, 0.25) is 0 Å². The predicted molar refractivity (Wildman–Crippen MR) is 41.5 cm³/mol. The molecule has 0 saturated heterocycles. The Kier molecular flexibility index (Phi) is 31.9. The Labute approximate surface area is 167 Å². The summed E-state index contributed by atoms with van der Waals surface area (Å²) < 4.78 is 11.8. The Bertz CT molecular complexity index is 223. The first-order valence-electron chi connectivity index (χ1n) is 3.21. The van der Waals surface area contributed by atoms with Gasteiger partial charge in [-0.1, -0.05) is 0 Å². The molecule has 0 unspecified atom stereocenters. The summed E-state index contributed by atoms with van der Waals surface area (Å²) in [6, 6.07) is 0. The van der Waals surface area contributed by atoms with Crippen molar-refractivity contribution in [3.63, 3.8) is 0 Å². The van der Waals surface area contributed by atoms with Gasteiger partial charge in [0.05, 0.1) is 7.32 Å². The quantitative estimate of drug-likeness (QED) is 0.142. The van der Waals surface area contributed by atoms with Gasteiger partial charge in [0.1, 0.15) is 0 Å². The summed E-state index contributed by atoms with van der Waals surface area (Å²) in [5.74, 6) is 0. The minimum Gasteiger partial charge on any atom is -0.871 e. The first-order valence-corrected chi connectivity index (χ1v) is 8.17. The van der Waals surface area contributed by atoms with E-state index in [4.69, 9.17) is 63.1 Å². The van der Waals surface area contributed by atoms with Crippen molar-refractivity contribution in [3.8, 4) is 0 Å². The molecule has 112 valence electrons. The fraction of sp³-hybridized carbons (Fsp3) is 0. The normalized spacial score (nSPS) is 10.1. The van der Waals surface area contributed by atoms with Crippen LogP contribution in [0.3, 0.4) is 0 Å². The summed E-state index contributed by atoms with van der Waals surface area (Å²) in [6.07, 6.45) is 0. The fourth-order valence-corrected chi connectivity index (χ4v) is 1.65. The maximum absolute atomic E-state index is 8.55. The molecule has 0 rings (SSSR count). The molecule has 0 radical (unpaired) electrons. The monoisotopic (exact) mass is 480 g/mol. The smallest absolute Gasteiger partial charge is 0.871 e. The van der Waals surface area contributed by atoms with E-state index in [1.165, 1.54) is 0 Å². The van der Waals surface area contributed by atoms with Gasteiger partial charge in [-0.3, -0.25) is 0 Å². The SMILES string of the molecule is O=P([O-])([O-])[O-].O[Si](O)(O)O[Si](O)(O)O.[Na+].[O-]B([O-])O.[Zn+2].[Zn+2]. The van der Waals surface area contributed by atoms with Crippen LogP contribution in [0.5, 0.6) is 0 Å². The zero-order valence-corrected chi connectivity index (χ0v) is 21.3. The van der Waals surface area contributed by atoms with Crippen LogP contribution in [0.4, 0.5) is 0 Å². The van der Waals surface area contributed by atoms with E-state index in [0.29, 0.717) is 0 Å². The average molecular weight is 483 g/mol. The number of phosphoric acid groups is 1. The third-order valence-electron chi connectivity index (χ3n) is 0.274. The zero-order valence-electron chi connectivity index (χ0n) is 10.4. The van der Waals surface area contributed by atoms with Gasteiger partial charge in [0, 0.05) is 0 Å². The van der Waals surface area contributed by atoms with Gasteiger partial charge in [0.15, 0.2) is 0 Å². The Morgan fingerprint density at radius 1 is 0.857 bits per heavy atom. The van der Waals surface area contributed by atoms with Crippen molar-refractivity contribution in [1.82, 2.24) is 0 Å². The van der Waals surface area contributed by atoms with Gasteiger partial charge in [0.2, 0.25) is 0 Å². The second-order valence-electron chi connectivity index (χ2n) is 2.00. The molecular weight excluding hydrogens is 476 g/mol. The summed E-state index contributed by atoms with van der Waals surface area (Å²) in [7, 11) is -18.0. The average Bonchev–Trinajstić information content (AvgIpc) is 1.67. The van der Waals surface area contributed by atoms with Crippen LogP contribution >= 0.6 is 7.82 Å². The molecule has 21 heavy (non-hydrogen) atoms. The first kappa shape index (κ1) is 38.8. The van der Waals surface area contributed by atoms with E-state index >= 15 is 0 Å². The van der Waals surface area contributed by atoms with E-state index in [9.17, 15) is 0 Å². The molecule has 14 nitrogen and oxygen atoms in total. The number of rotatable bonds is 2. The molecule has 0 saturated carbocycles. The van der Waals surface area contributed by atoms with Gasteiger partial charge in [-0.05, 0) is 0 Å². The fourth-order valence-electron chi connectivity index (χ4n) is 0.184. The predicted octanol–water partition coefficient (Wildman–Crippen LogP) is -13.3. The summed E-state index contributed by atoms with van der Waals surface area (Å²) in [6.45, 7) is 0. The van der Waals surface area contributed by atoms with Crippen LogP contribution in [0.15, 0.2) is 0 Å². The largest absolute Gasteiger partial charge is 2.00 e. The molecule has 0 spiro atoms. The maximum atomic E-state index is 8.55. The van der Waals surface area contributed by atoms with Crippen molar-refractivity contribution >= 4 is 33.2 Å². The Balaban J connectivity index is -0.0000000410. The molecule has 0 aliphatic rings. The molecule has 0 bridgehead atoms. The van der Waals surface area contributed by atoms with Crippen LogP contribution in [0.25, 0.3) is 0 Å². The van der Waals surface area contributed by atoms with E-state index in [-0.39, 0.29) is 68.5 Å². The van der Waals surface area contributed by atoms with Crippen LogP contribution in [-0.4, -0.2) is 59.2 Å². The Hall–Kier alpha value is 2.46. The van der Waals surface area contributed by atoms with Crippen LogP contribution in [0.1, 0.15) is 0 Å². The van der Waals surface area contributed by atoms with Crippen molar-refractivity contribution in [2.24, 2.45) is 0 Å². The van der Waals surface area contributed by atoms with Crippen molar-refractivity contribution in [1.29, 1.82) is 0 Å². The van der Waals surface area contributed by atoms with Crippen LogP contribution in [0, 0.1) is 0 Å². The first-order chi connectivity index (χ1) is 7.44. The van der Waals surface area contributed by atoms with Crippen molar-refractivity contribution in [2.75, 3.05) is 0 Å². The molecule has 0 aliphatic heterocycles. The third kappa shape index (κ3) is 131. The minimum atomic E-state index is -5.39. The van der Waals surface area contributed by atoms with Gasteiger partial charge in [-0.15, -0.1) is 0 Å². The van der Waals surface area contributed by atoms with Crippen molar-refractivity contribution in [2.45, 2.75) is 0 Å². The van der Waals surface area contributed by atoms with Gasteiger partial charge < -0.3 is 67.2 Å². The molecule has 0 atom stereocenters. The third-order valence-corrected chi connectivity index (χ3v) is 2.46. The zero-order chi connectivity index (χ0) is 15.8. The summed E-state index contributed by atoms with van der Waals surface area (Å²) in [5.41, 5.74) is 0. The van der Waals surface area contributed by atoms with E-state index in [0.717, 1.165) is 0 Å². The molecule has 0 aromatic heterocycles. The minimum absolute atomic E-state index is 0. The molecule has 0 aromatic rings. The van der Waals surface area contributed by atoms with Crippen molar-refractivity contribution < 1.29 is 136 Å².